The molecule has 0 radical (unpaired) electrons. The van der Waals surface area contributed by atoms with Gasteiger partial charge < -0.3 is 4.74 Å². The average molecular weight is 455 g/mol. The molecule has 0 aliphatic heterocycles. The highest BCUT2D eigenvalue weighted by Crippen LogP contribution is 2.44. The fourth-order valence-corrected chi connectivity index (χ4v) is 5.75. The summed E-state index contributed by atoms with van der Waals surface area (Å²) in [6, 6.07) is 7.65. The van der Waals surface area contributed by atoms with Gasteiger partial charge in [-0.05, 0) is 106 Å². The van der Waals surface area contributed by atoms with E-state index in [-0.39, 0.29) is 16.9 Å². The van der Waals surface area contributed by atoms with Gasteiger partial charge >= 0.3 is 0 Å². The number of rotatable bonds is 6. The summed E-state index contributed by atoms with van der Waals surface area (Å²) in [5, 5.41) is 0. The quantitative estimate of drug-likeness (QED) is 0.313. The lowest BCUT2D eigenvalue weighted by molar-refractivity contribution is 0.171. The van der Waals surface area contributed by atoms with E-state index in [4.69, 9.17) is 4.74 Å². The molecular weight excluding hydrogens is 421 g/mol. The van der Waals surface area contributed by atoms with Crippen LogP contribution in [0.15, 0.2) is 55.3 Å². The predicted molar refractivity (Wildman–Crippen MR) is 128 cm³/mol. The second kappa shape index (κ2) is 10.6. The molecule has 2 fully saturated rings. The molecule has 0 amide bonds. The summed E-state index contributed by atoms with van der Waals surface area (Å²) in [7, 11) is 0. The molecule has 33 heavy (non-hydrogen) atoms. The summed E-state index contributed by atoms with van der Waals surface area (Å²) in [6.07, 6.45) is 14.6. The monoisotopic (exact) mass is 454 g/mol. The van der Waals surface area contributed by atoms with Gasteiger partial charge in [0.15, 0.2) is 11.6 Å². The van der Waals surface area contributed by atoms with Gasteiger partial charge in [-0.2, -0.15) is 4.39 Å². The van der Waals surface area contributed by atoms with E-state index in [9.17, 15) is 8.78 Å². The van der Waals surface area contributed by atoms with Crippen molar-refractivity contribution in [2.75, 3.05) is 0 Å². The Balaban J connectivity index is 1.42. The Morgan fingerprint density at radius 1 is 0.818 bits per heavy atom. The van der Waals surface area contributed by atoms with Crippen LogP contribution in [0.5, 0.6) is 5.75 Å². The van der Waals surface area contributed by atoms with Crippen LogP contribution in [0.4, 0.5) is 13.2 Å². The normalized spacial score (nSPS) is 25.8. The number of hydrogen-bond donors (Lipinski definition) is 0. The van der Waals surface area contributed by atoms with Crippen molar-refractivity contribution in [1.82, 2.24) is 0 Å². The highest BCUT2D eigenvalue weighted by atomic mass is 19.2. The van der Waals surface area contributed by atoms with Gasteiger partial charge in [0.05, 0.1) is 6.26 Å². The van der Waals surface area contributed by atoms with Gasteiger partial charge in [0.1, 0.15) is 5.82 Å². The Labute approximate surface area is 195 Å². The van der Waals surface area contributed by atoms with E-state index in [0.717, 1.165) is 30.2 Å². The third-order valence-electron chi connectivity index (χ3n) is 7.72. The first kappa shape index (κ1) is 23.7. The molecule has 4 heteroatoms. The number of allylic oxidation sites excluding steroid dienone is 2. The largest absolute Gasteiger partial charge is 0.462 e. The van der Waals surface area contributed by atoms with Gasteiger partial charge in [0.2, 0.25) is 5.82 Å². The zero-order valence-electron chi connectivity index (χ0n) is 19.3. The summed E-state index contributed by atoms with van der Waals surface area (Å²) >= 11 is 0. The molecule has 1 nitrogen and oxygen atoms in total. The van der Waals surface area contributed by atoms with Gasteiger partial charge in [-0.3, -0.25) is 0 Å². The van der Waals surface area contributed by atoms with E-state index in [1.807, 2.05) is 6.07 Å². The topological polar surface area (TPSA) is 9.23 Å². The van der Waals surface area contributed by atoms with Crippen LogP contribution in [0.25, 0.3) is 11.1 Å². The van der Waals surface area contributed by atoms with Crippen molar-refractivity contribution in [2.45, 2.75) is 64.2 Å². The molecule has 2 aliphatic carbocycles. The first-order valence-corrected chi connectivity index (χ1v) is 12.2. The van der Waals surface area contributed by atoms with E-state index in [1.54, 1.807) is 19.1 Å². The fraction of sp³-hybridized carbons (Fsp3) is 0.448. The Kier molecular flexibility index (Phi) is 7.62. The highest BCUT2D eigenvalue weighted by molar-refractivity contribution is 5.66. The first-order chi connectivity index (χ1) is 16.0. The number of benzene rings is 2. The van der Waals surface area contributed by atoms with Gasteiger partial charge in [0.25, 0.3) is 0 Å². The van der Waals surface area contributed by atoms with E-state index in [2.05, 4.69) is 12.7 Å². The lowest BCUT2D eigenvalue weighted by atomic mass is 9.68. The minimum atomic E-state index is -1.12. The molecule has 0 atom stereocenters. The maximum atomic E-state index is 15.0. The number of hydrogen-bond acceptors (Lipinski definition) is 1. The molecule has 2 aliphatic rings. The van der Waals surface area contributed by atoms with E-state index < -0.39 is 17.5 Å². The maximum Gasteiger partial charge on any atom is 0.201 e. The van der Waals surface area contributed by atoms with Crippen LogP contribution < -0.4 is 4.74 Å². The first-order valence-electron chi connectivity index (χ1n) is 12.2. The molecule has 0 N–H and O–H groups in total. The fourth-order valence-electron chi connectivity index (χ4n) is 5.75. The zero-order valence-corrected chi connectivity index (χ0v) is 19.3. The summed E-state index contributed by atoms with van der Waals surface area (Å²) in [6.45, 7) is 5.65. The van der Waals surface area contributed by atoms with Crippen molar-refractivity contribution >= 4 is 0 Å². The van der Waals surface area contributed by atoms with Crippen LogP contribution in [-0.4, -0.2) is 0 Å². The Morgan fingerprint density at radius 2 is 1.45 bits per heavy atom. The molecule has 0 saturated heterocycles. The van der Waals surface area contributed by atoms with Crippen molar-refractivity contribution < 1.29 is 17.9 Å². The number of ether oxygens (including phenoxy) is 1. The minimum absolute atomic E-state index is 0.0698. The molecule has 176 valence electrons. The van der Waals surface area contributed by atoms with E-state index in [0.29, 0.717) is 11.8 Å². The molecule has 0 bridgehead atoms. The second-order valence-corrected chi connectivity index (χ2v) is 9.59. The lowest BCUT2D eigenvalue weighted by Gasteiger charge is -2.37. The lowest BCUT2D eigenvalue weighted by Crippen LogP contribution is -2.25. The maximum absolute atomic E-state index is 15.0. The van der Waals surface area contributed by atoms with Gasteiger partial charge in [-0.25, -0.2) is 8.78 Å². The summed E-state index contributed by atoms with van der Waals surface area (Å²) in [5.74, 6) is -0.346. The van der Waals surface area contributed by atoms with Crippen molar-refractivity contribution in [3.63, 3.8) is 0 Å². The predicted octanol–water partition coefficient (Wildman–Crippen LogP) is 8.95. The molecule has 2 aromatic carbocycles. The summed E-state index contributed by atoms with van der Waals surface area (Å²) in [5.41, 5.74) is 0.933. The van der Waals surface area contributed by atoms with E-state index >= 15 is 4.39 Å². The Bertz CT molecular complexity index is 996. The third kappa shape index (κ3) is 5.20. The van der Waals surface area contributed by atoms with Crippen LogP contribution >= 0.6 is 0 Å². The molecule has 0 heterocycles. The third-order valence-corrected chi connectivity index (χ3v) is 7.72. The highest BCUT2D eigenvalue weighted by Gasteiger charge is 2.31. The average Bonchev–Trinajstić information content (AvgIpc) is 2.85. The summed E-state index contributed by atoms with van der Waals surface area (Å²) in [4.78, 5) is 0. The standard InChI is InChI=1S/C29H33F3O/c1-3-17-33-27-16-15-25(28(31)29(27)32)24-14-13-23(18-26(24)30)22-11-9-21(10-12-22)20-7-5-19(4-2)6-8-20/h3-4,13-22H,2,5-12H2,1H3/b17-3+. The molecule has 0 unspecified atom stereocenters. The minimum Gasteiger partial charge on any atom is -0.462 e. The molecule has 0 spiro atoms. The molecule has 2 aromatic rings. The van der Waals surface area contributed by atoms with Gasteiger partial charge in [0, 0.05) is 11.1 Å². The molecule has 0 aromatic heterocycles. The SMILES string of the molecule is C=CC1CCC(C2CCC(c3ccc(-c4ccc(O/C=C/C)c(F)c4F)c(F)c3)CC2)CC1. The zero-order chi connectivity index (χ0) is 23.4. The molecule has 2 saturated carbocycles. The Morgan fingerprint density at radius 3 is 2.06 bits per heavy atom. The van der Waals surface area contributed by atoms with Crippen LogP contribution in [0.3, 0.4) is 0 Å². The number of halogens is 3. The summed E-state index contributed by atoms with van der Waals surface area (Å²) < 4.78 is 49.0. The van der Waals surface area contributed by atoms with Crippen LogP contribution in [0.1, 0.15) is 69.8 Å². The second-order valence-electron chi connectivity index (χ2n) is 9.59. The van der Waals surface area contributed by atoms with E-state index in [1.165, 1.54) is 63.0 Å². The van der Waals surface area contributed by atoms with Crippen LogP contribution in [0.2, 0.25) is 0 Å². The van der Waals surface area contributed by atoms with Crippen LogP contribution in [0, 0.1) is 35.2 Å². The van der Waals surface area contributed by atoms with Crippen molar-refractivity contribution in [3.8, 4) is 16.9 Å². The van der Waals surface area contributed by atoms with Gasteiger partial charge in [-0.15, -0.1) is 6.58 Å². The smallest absolute Gasteiger partial charge is 0.201 e. The van der Waals surface area contributed by atoms with Crippen LogP contribution in [-0.2, 0) is 0 Å². The molecular formula is C29H33F3O. The van der Waals surface area contributed by atoms with Crippen molar-refractivity contribution in [2.24, 2.45) is 17.8 Å². The molecule has 4 rings (SSSR count). The van der Waals surface area contributed by atoms with Gasteiger partial charge in [-0.1, -0.05) is 24.3 Å². The Hall–Kier alpha value is -2.49. The van der Waals surface area contributed by atoms with Crippen molar-refractivity contribution in [1.29, 1.82) is 0 Å². The van der Waals surface area contributed by atoms with Crippen molar-refractivity contribution in [3.05, 3.63) is 78.3 Å².